The van der Waals surface area contributed by atoms with E-state index in [0.29, 0.717) is 25.2 Å². The number of halogens is 5. The molecule has 1 fully saturated rings. The van der Waals surface area contributed by atoms with Crippen LogP contribution in [0.25, 0.3) is 0 Å². The van der Waals surface area contributed by atoms with Gasteiger partial charge in [-0.25, -0.2) is 0 Å². The number of pyridine rings is 1. The van der Waals surface area contributed by atoms with Crippen molar-refractivity contribution in [2.24, 2.45) is 5.73 Å². The molecule has 1 unspecified atom stereocenters. The number of hydrogen-bond donors (Lipinski definition) is 1. The lowest BCUT2D eigenvalue weighted by Gasteiger charge is -2.22. The summed E-state index contributed by atoms with van der Waals surface area (Å²) in [5.74, 6) is 0. The highest BCUT2D eigenvalue weighted by Gasteiger charge is 2.35. The smallest absolute Gasteiger partial charge is 0.379 e. The Morgan fingerprint density at radius 3 is 2.33 bits per heavy atom. The second-order valence-corrected chi connectivity index (χ2v) is 3.89. The normalized spacial score (nSPS) is 23.1. The summed E-state index contributed by atoms with van der Waals surface area (Å²) in [7, 11) is 0. The Morgan fingerprint density at radius 1 is 1.28 bits per heavy atom. The monoisotopic (exact) mass is 304 g/mol. The molecule has 18 heavy (non-hydrogen) atoms. The molecule has 0 saturated carbocycles. The molecule has 3 nitrogen and oxygen atoms in total. The fourth-order valence-corrected chi connectivity index (χ4v) is 1.66. The zero-order chi connectivity index (χ0) is 11.8. The van der Waals surface area contributed by atoms with Crippen LogP contribution in [-0.2, 0) is 16.5 Å². The minimum atomic E-state index is -4.41. The average Bonchev–Trinajstić information content (AvgIpc) is 2.66. The zero-order valence-corrected chi connectivity index (χ0v) is 10.9. The van der Waals surface area contributed by atoms with Gasteiger partial charge in [-0.1, -0.05) is 6.07 Å². The first-order valence-electron chi connectivity index (χ1n) is 4.82. The molecule has 2 rings (SSSR count). The fourth-order valence-electron chi connectivity index (χ4n) is 1.66. The van der Waals surface area contributed by atoms with Crippen molar-refractivity contribution in [2.75, 3.05) is 13.2 Å². The van der Waals surface area contributed by atoms with E-state index in [-0.39, 0.29) is 24.8 Å². The molecule has 8 heteroatoms. The molecule has 1 atom stereocenters. The van der Waals surface area contributed by atoms with Gasteiger partial charge in [-0.3, -0.25) is 4.98 Å². The topological polar surface area (TPSA) is 48.1 Å². The minimum Gasteiger partial charge on any atom is -0.379 e. The Kier molecular flexibility index (Phi) is 5.87. The van der Waals surface area contributed by atoms with E-state index >= 15 is 0 Å². The summed E-state index contributed by atoms with van der Waals surface area (Å²) in [6, 6.07) is 2.31. The van der Waals surface area contributed by atoms with E-state index in [1.54, 1.807) is 0 Å². The van der Waals surface area contributed by atoms with Gasteiger partial charge in [-0.15, -0.1) is 24.8 Å². The predicted octanol–water partition coefficient (Wildman–Crippen LogP) is 2.52. The van der Waals surface area contributed by atoms with Crippen molar-refractivity contribution in [1.29, 1.82) is 0 Å². The van der Waals surface area contributed by atoms with Crippen LogP contribution >= 0.6 is 24.8 Å². The third-order valence-corrected chi connectivity index (χ3v) is 2.68. The number of rotatable bonds is 1. The molecular weight excluding hydrogens is 292 g/mol. The first-order valence-corrected chi connectivity index (χ1v) is 4.82. The molecule has 0 bridgehead atoms. The maximum Gasteiger partial charge on any atom is 0.433 e. The SMILES string of the molecule is Cl.Cl.NC1(c2ccc(C(F)(F)F)nc2)CCOC1. The van der Waals surface area contributed by atoms with Crippen molar-refractivity contribution in [2.45, 2.75) is 18.1 Å². The van der Waals surface area contributed by atoms with Gasteiger partial charge in [0.1, 0.15) is 5.69 Å². The molecule has 1 aliphatic rings. The van der Waals surface area contributed by atoms with Crippen LogP contribution in [0.1, 0.15) is 17.7 Å². The average molecular weight is 305 g/mol. The van der Waals surface area contributed by atoms with Crippen molar-refractivity contribution in [3.05, 3.63) is 29.6 Å². The predicted molar refractivity (Wildman–Crippen MR) is 65.0 cm³/mol. The molecule has 2 N–H and O–H groups in total. The highest BCUT2D eigenvalue weighted by Crippen LogP contribution is 2.31. The summed E-state index contributed by atoms with van der Waals surface area (Å²) < 4.78 is 42.0. The first-order chi connectivity index (χ1) is 7.42. The number of ether oxygens (including phenoxy) is 1. The Morgan fingerprint density at radius 2 is 1.94 bits per heavy atom. The fraction of sp³-hybridized carbons (Fsp3) is 0.500. The maximum atomic E-state index is 12.3. The Hall–Kier alpha value is -0.560. The maximum absolute atomic E-state index is 12.3. The summed E-state index contributed by atoms with van der Waals surface area (Å²) in [4.78, 5) is 3.38. The standard InChI is InChI=1S/C10H11F3N2O.2ClH/c11-10(12,13)8-2-1-7(5-15-8)9(14)3-4-16-6-9;;/h1-2,5H,3-4,6,14H2;2*1H. The lowest BCUT2D eigenvalue weighted by Crippen LogP contribution is -2.37. The summed E-state index contributed by atoms with van der Waals surface area (Å²) in [6.45, 7) is 0.845. The van der Waals surface area contributed by atoms with Crippen LogP contribution in [0.15, 0.2) is 18.3 Å². The van der Waals surface area contributed by atoms with Gasteiger partial charge >= 0.3 is 6.18 Å². The Bertz CT molecular complexity index is 378. The van der Waals surface area contributed by atoms with Crippen LogP contribution in [0, 0.1) is 0 Å². The van der Waals surface area contributed by atoms with E-state index in [2.05, 4.69) is 4.98 Å². The van der Waals surface area contributed by atoms with Crippen LogP contribution in [0.4, 0.5) is 13.2 Å². The van der Waals surface area contributed by atoms with Gasteiger partial charge in [0.15, 0.2) is 0 Å². The van der Waals surface area contributed by atoms with E-state index in [9.17, 15) is 13.2 Å². The summed E-state index contributed by atoms with van der Waals surface area (Å²) in [5.41, 5.74) is 4.97. The molecule has 0 radical (unpaired) electrons. The van der Waals surface area contributed by atoms with Gasteiger partial charge in [0.25, 0.3) is 0 Å². The molecule has 2 heterocycles. The van der Waals surface area contributed by atoms with Crippen LogP contribution in [0.3, 0.4) is 0 Å². The number of nitrogens with two attached hydrogens (primary N) is 1. The third-order valence-electron chi connectivity index (χ3n) is 2.68. The molecule has 0 spiro atoms. The second kappa shape index (κ2) is 6.06. The van der Waals surface area contributed by atoms with Crippen LogP contribution in [0.5, 0.6) is 0 Å². The summed E-state index contributed by atoms with van der Waals surface area (Å²) >= 11 is 0. The quantitative estimate of drug-likeness (QED) is 0.867. The van der Waals surface area contributed by atoms with Crippen LogP contribution < -0.4 is 5.73 Å². The van der Waals surface area contributed by atoms with Gasteiger partial charge in [0.2, 0.25) is 0 Å². The molecule has 104 valence electrons. The van der Waals surface area contributed by atoms with Gasteiger partial charge in [0, 0.05) is 12.8 Å². The molecule has 0 amide bonds. The third kappa shape index (κ3) is 3.47. The lowest BCUT2D eigenvalue weighted by atomic mass is 9.92. The summed E-state index contributed by atoms with van der Waals surface area (Å²) in [6.07, 6.45) is -2.63. The minimum absolute atomic E-state index is 0. The molecule has 0 aromatic carbocycles. The van der Waals surface area contributed by atoms with Crippen LogP contribution in [-0.4, -0.2) is 18.2 Å². The highest BCUT2D eigenvalue weighted by atomic mass is 35.5. The number of nitrogens with zero attached hydrogens (tertiary/aromatic N) is 1. The molecular formula is C10H13Cl2F3N2O. The van der Waals surface area contributed by atoms with Crippen molar-refractivity contribution in [1.82, 2.24) is 4.98 Å². The molecule has 1 aromatic heterocycles. The van der Waals surface area contributed by atoms with Crippen molar-refractivity contribution in [3.8, 4) is 0 Å². The highest BCUT2D eigenvalue weighted by molar-refractivity contribution is 5.85. The van der Waals surface area contributed by atoms with E-state index in [4.69, 9.17) is 10.5 Å². The summed E-state index contributed by atoms with van der Waals surface area (Å²) in [5, 5.41) is 0. The van der Waals surface area contributed by atoms with Crippen molar-refractivity contribution >= 4 is 24.8 Å². The van der Waals surface area contributed by atoms with Crippen LogP contribution in [0.2, 0.25) is 0 Å². The number of alkyl halides is 3. The lowest BCUT2D eigenvalue weighted by molar-refractivity contribution is -0.141. The van der Waals surface area contributed by atoms with E-state index < -0.39 is 17.4 Å². The van der Waals surface area contributed by atoms with Gasteiger partial charge in [0.05, 0.1) is 12.1 Å². The van der Waals surface area contributed by atoms with Gasteiger partial charge in [-0.05, 0) is 18.1 Å². The molecule has 0 aliphatic carbocycles. The first kappa shape index (κ1) is 17.4. The van der Waals surface area contributed by atoms with E-state index in [1.807, 2.05) is 0 Å². The van der Waals surface area contributed by atoms with E-state index in [1.165, 1.54) is 12.3 Å². The van der Waals surface area contributed by atoms with Crippen molar-refractivity contribution in [3.63, 3.8) is 0 Å². The van der Waals surface area contributed by atoms with Crippen molar-refractivity contribution < 1.29 is 17.9 Å². The second-order valence-electron chi connectivity index (χ2n) is 3.89. The molecule has 1 aliphatic heterocycles. The largest absolute Gasteiger partial charge is 0.433 e. The molecule has 1 aromatic rings. The zero-order valence-electron chi connectivity index (χ0n) is 9.24. The number of hydrogen-bond acceptors (Lipinski definition) is 3. The Balaban J connectivity index is 0.00000144. The molecule has 1 saturated heterocycles. The van der Waals surface area contributed by atoms with E-state index in [0.717, 1.165) is 6.07 Å². The van der Waals surface area contributed by atoms with Gasteiger partial charge in [-0.2, -0.15) is 13.2 Å². The number of aromatic nitrogens is 1. The van der Waals surface area contributed by atoms with Gasteiger partial charge < -0.3 is 10.5 Å². The Labute approximate surface area is 115 Å².